The van der Waals surface area contributed by atoms with Crippen LogP contribution in [0.2, 0.25) is 0 Å². The summed E-state index contributed by atoms with van der Waals surface area (Å²) in [6.07, 6.45) is 2.78. The van der Waals surface area contributed by atoms with Crippen LogP contribution in [-0.2, 0) is 9.59 Å². The van der Waals surface area contributed by atoms with Gasteiger partial charge in [-0.2, -0.15) is 0 Å². The van der Waals surface area contributed by atoms with Gasteiger partial charge >= 0.3 is 0 Å². The molecule has 0 radical (unpaired) electrons. The Balaban J connectivity index is 2.45. The summed E-state index contributed by atoms with van der Waals surface area (Å²) < 4.78 is 0. The molecular formula is C12H23N3O2. The third kappa shape index (κ3) is 3.43. The van der Waals surface area contributed by atoms with Crippen LogP contribution in [0.3, 0.4) is 0 Å². The van der Waals surface area contributed by atoms with Crippen LogP contribution in [0.4, 0.5) is 0 Å². The van der Waals surface area contributed by atoms with Crippen molar-refractivity contribution >= 4 is 11.8 Å². The zero-order chi connectivity index (χ0) is 13.1. The molecule has 1 saturated carbocycles. The van der Waals surface area contributed by atoms with Crippen molar-refractivity contribution in [2.24, 2.45) is 17.1 Å². The summed E-state index contributed by atoms with van der Waals surface area (Å²) in [5.74, 6) is -0.184. The lowest BCUT2D eigenvalue weighted by molar-refractivity contribution is -0.130. The van der Waals surface area contributed by atoms with Gasteiger partial charge < -0.3 is 16.4 Å². The molecule has 5 nitrogen and oxygen atoms in total. The zero-order valence-corrected chi connectivity index (χ0v) is 10.9. The maximum Gasteiger partial charge on any atom is 0.227 e. The molecule has 98 valence electrons. The fraction of sp³-hybridized carbons (Fsp3) is 0.833. The van der Waals surface area contributed by atoms with E-state index in [4.69, 9.17) is 5.73 Å². The van der Waals surface area contributed by atoms with Crippen LogP contribution >= 0.6 is 0 Å². The summed E-state index contributed by atoms with van der Waals surface area (Å²) in [6.45, 7) is 3.95. The molecule has 0 aromatic rings. The first-order valence-electron chi connectivity index (χ1n) is 6.14. The van der Waals surface area contributed by atoms with E-state index in [0.29, 0.717) is 6.54 Å². The number of hydrogen-bond acceptors (Lipinski definition) is 3. The molecule has 0 spiro atoms. The fourth-order valence-electron chi connectivity index (χ4n) is 2.17. The molecule has 0 aromatic carbocycles. The number of amides is 2. The van der Waals surface area contributed by atoms with Gasteiger partial charge in [-0.05, 0) is 26.7 Å². The summed E-state index contributed by atoms with van der Waals surface area (Å²) in [5, 5.41) is 5.42. The zero-order valence-electron chi connectivity index (χ0n) is 10.9. The molecule has 0 heterocycles. The largest absolute Gasteiger partial charge is 0.359 e. The number of nitrogens with one attached hydrogen (secondary N) is 2. The van der Waals surface area contributed by atoms with Crippen LogP contribution in [-0.4, -0.2) is 31.4 Å². The second kappa shape index (κ2) is 5.49. The highest BCUT2D eigenvalue weighted by Crippen LogP contribution is 2.24. The van der Waals surface area contributed by atoms with E-state index in [0.717, 1.165) is 19.3 Å². The molecule has 1 fully saturated rings. The molecule has 4 N–H and O–H groups in total. The van der Waals surface area contributed by atoms with Crippen LogP contribution in [0.5, 0.6) is 0 Å². The molecule has 2 unspecified atom stereocenters. The second-order valence-corrected chi connectivity index (χ2v) is 5.38. The molecule has 0 aliphatic heterocycles. The highest BCUT2D eigenvalue weighted by atomic mass is 16.2. The van der Waals surface area contributed by atoms with Crippen molar-refractivity contribution < 1.29 is 9.59 Å². The monoisotopic (exact) mass is 241 g/mol. The fourth-order valence-corrected chi connectivity index (χ4v) is 2.17. The summed E-state index contributed by atoms with van der Waals surface area (Å²) in [4.78, 5) is 23.4. The second-order valence-electron chi connectivity index (χ2n) is 5.38. The van der Waals surface area contributed by atoms with E-state index in [1.54, 1.807) is 20.9 Å². The average Bonchev–Trinajstić information content (AvgIpc) is 2.71. The smallest absolute Gasteiger partial charge is 0.227 e. The van der Waals surface area contributed by atoms with E-state index < -0.39 is 5.41 Å². The van der Waals surface area contributed by atoms with Crippen molar-refractivity contribution in [2.45, 2.75) is 39.2 Å². The first-order chi connectivity index (χ1) is 7.88. The highest BCUT2D eigenvalue weighted by Gasteiger charge is 2.32. The van der Waals surface area contributed by atoms with Crippen LogP contribution in [0.1, 0.15) is 33.1 Å². The van der Waals surface area contributed by atoms with Crippen LogP contribution in [0.15, 0.2) is 0 Å². The first-order valence-corrected chi connectivity index (χ1v) is 6.14. The Morgan fingerprint density at radius 1 is 1.35 bits per heavy atom. The Kier molecular flexibility index (Phi) is 4.51. The predicted octanol–water partition coefficient (Wildman–Crippen LogP) is 0.00220. The van der Waals surface area contributed by atoms with Crippen molar-refractivity contribution in [3.8, 4) is 0 Å². The van der Waals surface area contributed by atoms with Gasteiger partial charge in [0.25, 0.3) is 0 Å². The summed E-state index contributed by atoms with van der Waals surface area (Å²) in [6, 6.07) is -0.0295. The summed E-state index contributed by atoms with van der Waals surface area (Å²) >= 11 is 0. The predicted molar refractivity (Wildman–Crippen MR) is 66.2 cm³/mol. The molecule has 1 aliphatic rings. The number of nitrogens with two attached hydrogens (primary N) is 1. The van der Waals surface area contributed by atoms with E-state index in [1.807, 2.05) is 0 Å². The first kappa shape index (κ1) is 14.0. The molecule has 2 amide bonds. The van der Waals surface area contributed by atoms with Gasteiger partial charge in [0.05, 0.1) is 11.3 Å². The topological polar surface area (TPSA) is 84.2 Å². The SMILES string of the molecule is CNC(=O)C(C)(C)CNC(=O)C1CCCC1N. The Hall–Kier alpha value is -1.10. The van der Waals surface area contributed by atoms with E-state index in [1.165, 1.54) is 0 Å². The number of carbonyl (C=O) groups is 2. The number of rotatable bonds is 4. The lowest BCUT2D eigenvalue weighted by Crippen LogP contribution is -2.46. The maximum absolute atomic E-state index is 11.9. The quantitative estimate of drug-likeness (QED) is 0.648. The average molecular weight is 241 g/mol. The standard InChI is InChI=1S/C12H23N3O2/c1-12(2,11(17)14-3)7-15-10(16)8-5-4-6-9(8)13/h8-9H,4-7,13H2,1-3H3,(H,14,17)(H,15,16). The van der Waals surface area contributed by atoms with Gasteiger partial charge in [-0.1, -0.05) is 6.42 Å². The molecule has 2 atom stereocenters. The molecule has 0 bridgehead atoms. The van der Waals surface area contributed by atoms with Gasteiger partial charge in [-0.25, -0.2) is 0 Å². The third-order valence-electron chi connectivity index (χ3n) is 3.45. The molecular weight excluding hydrogens is 218 g/mol. The number of hydrogen-bond donors (Lipinski definition) is 3. The highest BCUT2D eigenvalue weighted by molar-refractivity contribution is 5.84. The Bertz CT molecular complexity index is 302. The summed E-state index contributed by atoms with van der Waals surface area (Å²) in [5.41, 5.74) is 5.27. The van der Waals surface area contributed by atoms with Gasteiger partial charge in [-0.15, -0.1) is 0 Å². The number of carbonyl (C=O) groups excluding carboxylic acids is 2. The van der Waals surface area contributed by atoms with Crippen LogP contribution < -0.4 is 16.4 Å². The minimum atomic E-state index is -0.590. The lowest BCUT2D eigenvalue weighted by Gasteiger charge is -2.24. The van der Waals surface area contributed by atoms with Crippen LogP contribution in [0, 0.1) is 11.3 Å². The van der Waals surface area contributed by atoms with E-state index in [2.05, 4.69) is 10.6 Å². The third-order valence-corrected chi connectivity index (χ3v) is 3.45. The minimum absolute atomic E-state index is 0.0213. The van der Waals surface area contributed by atoms with Crippen molar-refractivity contribution in [1.29, 1.82) is 0 Å². The molecule has 0 saturated heterocycles. The Labute approximate surface area is 103 Å². The maximum atomic E-state index is 11.9. The van der Waals surface area contributed by atoms with Crippen LogP contribution in [0.25, 0.3) is 0 Å². The minimum Gasteiger partial charge on any atom is -0.359 e. The van der Waals surface area contributed by atoms with Crippen molar-refractivity contribution in [3.05, 3.63) is 0 Å². The van der Waals surface area contributed by atoms with Gasteiger partial charge in [0.2, 0.25) is 11.8 Å². The van der Waals surface area contributed by atoms with Gasteiger partial charge in [0.15, 0.2) is 0 Å². The van der Waals surface area contributed by atoms with Gasteiger partial charge in [0, 0.05) is 19.6 Å². The Morgan fingerprint density at radius 2 is 2.00 bits per heavy atom. The van der Waals surface area contributed by atoms with E-state index in [-0.39, 0.29) is 23.8 Å². The lowest BCUT2D eigenvalue weighted by atomic mass is 9.92. The molecule has 1 aliphatic carbocycles. The normalized spacial score (nSPS) is 24.5. The van der Waals surface area contributed by atoms with Crippen molar-refractivity contribution in [2.75, 3.05) is 13.6 Å². The molecule has 17 heavy (non-hydrogen) atoms. The van der Waals surface area contributed by atoms with E-state index >= 15 is 0 Å². The van der Waals surface area contributed by atoms with E-state index in [9.17, 15) is 9.59 Å². The van der Waals surface area contributed by atoms with Gasteiger partial charge in [0.1, 0.15) is 0 Å². The van der Waals surface area contributed by atoms with Gasteiger partial charge in [-0.3, -0.25) is 9.59 Å². The molecule has 5 heteroatoms. The van der Waals surface area contributed by atoms with Crippen molar-refractivity contribution in [1.82, 2.24) is 10.6 Å². The molecule has 1 rings (SSSR count). The summed E-state index contributed by atoms with van der Waals surface area (Å²) in [7, 11) is 1.60. The van der Waals surface area contributed by atoms with Crippen molar-refractivity contribution in [3.63, 3.8) is 0 Å². The Morgan fingerprint density at radius 3 is 2.47 bits per heavy atom. The molecule has 0 aromatic heterocycles.